The number of hydrogen-bond donors (Lipinski definition) is 1. The molecule has 0 aliphatic carbocycles. The Morgan fingerprint density at radius 3 is 2.68 bits per heavy atom. The average Bonchev–Trinajstić information content (AvgIpc) is 2.93. The second kappa shape index (κ2) is 5.19. The van der Waals surface area contributed by atoms with E-state index in [1.165, 1.54) is 11.3 Å². The van der Waals surface area contributed by atoms with Crippen LogP contribution in [0.1, 0.15) is 30.3 Å². The van der Waals surface area contributed by atoms with Crippen LogP contribution in [0.2, 0.25) is 0 Å². The van der Waals surface area contributed by atoms with Crippen LogP contribution in [0, 0.1) is 0 Å². The molecule has 19 heavy (non-hydrogen) atoms. The van der Waals surface area contributed by atoms with E-state index in [1.54, 1.807) is 0 Å². The highest BCUT2D eigenvalue weighted by molar-refractivity contribution is 5.21. The van der Waals surface area contributed by atoms with E-state index < -0.39 is 0 Å². The molecule has 2 atom stereocenters. The van der Waals surface area contributed by atoms with Crippen LogP contribution < -0.4 is 0 Å². The first-order valence-corrected chi connectivity index (χ1v) is 6.88. The van der Waals surface area contributed by atoms with Gasteiger partial charge in [0.1, 0.15) is 0 Å². The predicted octanol–water partition coefficient (Wildman–Crippen LogP) is 2.60. The van der Waals surface area contributed by atoms with Gasteiger partial charge in [0.15, 0.2) is 0 Å². The van der Waals surface area contributed by atoms with Gasteiger partial charge in [-0.1, -0.05) is 30.3 Å². The molecular formula is C16H20N2O. The fourth-order valence-corrected chi connectivity index (χ4v) is 3.10. The van der Waals surface area contributed by atoms with Crippen molar-refractivity contribution in [2.24, 2.45) is 0 Å². The lowest BCUT2D eigenvalue weighted by molar-refractivity contribution is 0.0678. The van der Waals surface area contributed by atoms with Crippen LogP contribution in [0.5, 0.6) is 0 Å². The van der Waals surface area contributed by atoms with Gasteiger partial charge in [0.05, 0.1) is 12.6 Å². The van der Waals surface area contributed by atoms with Crippen molar-refractivity contribution in [2.75, 3.05) is 13.2 Å². The lowest BCUT2D eigenvalue weighted by Gasteiger charge is -2.40. The van der Waals surface area contributed by atoms with Gasteiger partial charge in [0, 0.05) is 31.0 Å². The third-order valence-electron chi connectivity index (χ3n) is 4.15. The summed E-state index contributed by atoms with van der Waals surface area (Å²) in [5, 5.41) is 9.80. The van der Waals surface area contributed by atoms with Crippen LogP contribution in [0.25, 0.3) is 0 Å². The molecule has 1 aliphatic rings. The fraction of sp³-hybridized carbons (Fsp3) is 0.375. The van der Waals surface area contributed by atoms with E-state index in [2.05, 4.69) is 46.9 Å². The Balaban J connectivity index is 1.90. The van der Waals surface area contributed by atoms with Crippen molar-refractivity contribution < 1.29 is 5.11 Å². The van der Waals surface area contributed by atoms with Gasteiger partial charge in [-0.2, -0.15) is 0 Å². The average molecular weight is 256 g/mol. The highest BCUT2D eigenvalue weighted by atomic mass is 16.3. The van der Waals surface area contributed by atoms with Gasteiger partial charge in [-0.25, -0.2) is 0 Å². The van der Waals surface area contributed by atoms with Gasteiger partial charge in [0.2, 0.25) is 0 Å². The minimum absolute atomic E-state index is 0.0832. The van der Waals surface area contributed by atoms with Gasteiger partial charge in [-0.15, -0.1) is 0 Å². The molecule has 0 fully saturated rings. The van der Waals surface area contributed by atoms with Crippen molar-refractivity contribution in [3.63, 3.8) is 0 Å². The standard InChI is InChI=1S/C16H20N2O/c1-13-15-8-5-9-17(15)10-11-18(13)16(12-19)14-6-3-2-4-7-14/h2-9,13,16,19H,10-12H2,1H3/t13-,16-/m1/s1. The highest BCUT2D eigenvalue weighted by Crippen LogP contribution is 2.33. The molecule has 1 aromatic heterocycles. The van der Waals surface area contributed by atoms with E-state index in [1.807, 2.05) is 18.2 Å². The van der Waals surface area contributed by atoms with E-state index in [0.29, 0.717) is 6.04 Å². The molecule has 1 aliphatic heterocycles. The van der Waals surface area contributed by atoms with Gasteiger partial charge in [-0.3, -0.25) is 4.90 Å². The maximum Gasteiger partial charge on any atom is 0.0628 e. The first kappa shape index (κ1) is 12.5. The van der Waals surface area contributed by atoms with Gasteiger partial charge in [0.25, 0.3) is 0 Å². The molecule has 2 heterocycles. The third kappa shape index (κ3) is 2.20. The van der Waals surface area contributed by atoms with E-state index in [4.69, 9.17) is 0 Å². The summed E-state index contributed by atoms with van der Waals surface area (Å²) in [5.41, 5.74) is 2.53. The summed E-state index contributed by atoms with van der Waals surface area (Å²) in [5.74, 6) is 0. The van der Waals surface area contributed by atoms with Crippen molar-refractivity contribution in [2.45, 2.75) is 25.6 Å². The molecule has 0 spiro atoms. The number of aromatic nitrogens is 1. The van der Waals surface area contributed by atoms with E-state index in [-0.39, 0.29) is 12.6 Å². The van der Waals surface area contributed by atoms with Gasteiger partial charge >= 0.3 is 0 Å². The molecule has 3 heteroatoms. The number of rotatable bonds is 3. The van der Waals surface area contributed by atoms with Gasteiger partial charge < -0.3 is 9.67 Å². The van der Waals surface area contributed by atoms with Crippen LogP contribution in [-0.2, 0) is 6.54 Å². The van der Waals surface area contributed by atoms with Crippen LogP contribution in [0.3, 0.4) is 0 Å². The summed E-state index contributed by atoms with van der Waals surface area (Å²) in [4.78, 5) is 2.39. The van der Waals surface area contributed by atoms with E-state index >= 15 is 0 Å². The molecule has 100 valence electrons. The van der Waals surface area contributed by atoms with E-state index in [9.17, 15) is 5.11 Å². The first-order valence-electron chi connectivity index (χ1n) is 6.88. The smallest absolute Gasteiger partial charge is 0.0628 e. The highest BCUT2D eigenvalue weighted by Gasteiger charge is 2.29. The zero-order valence-corrected chi connectivity index (χ0v) is 11.2. The molecule has 0 saturated carbocycles. The second-order valence-corrected chi connectivity index (χ2v) is 5.15. The molecule has 0 radical (unpaired) electrons. The summed E-state index contributed by atoms with van der Waals surface area (Å²) in [7, 11) is 0. The summed E-state index contributed by atoms with van der Waals surface area (Å²) in [6.45, 7) is 4.35. The molecule has 1 N–H and O–H groups in total. The Labute approximate surface area is 114 Å². The monoisotopic (exact) mass is 256 g/mol. The zero-order chi connectivity index (χ0) is 13.2. The third-order valence-corrected chi connectivity index (χ3v) is 4.15. The predicted molar refractivity (Wildman–Crippen MR) is 75.8 cm³/mol. The molecular weight excluding hydrogens is 236 g/mol. The summed E-state index contributed by atoms with van der Waals surface area (Å²) >= 11 is 0. The number of aliphatic hydroxyl groups excluding tert-OH is 1. The van der Waals surface area contributed by atoms with Crippen LogP contribution in [-0.4, -0.2) is 27.7 Å². The quantitative estimate of drug-likeness (QED) is 0.914. The lowest BCUT2D eigenvalue weighted by Crippen LogP contribution is -2.40. The maximum atomic E-state index is 9.80. The molecule has 2 aromatic rings. The largest absolute Gasteiger partial charge is 0.394 e. The van der Waals surface area contributed by atoms with Crippen molar-refractivity contribution in [3.8, 4) is 0 Å². The first-order chi connectivity index (χ1) is 9.31. The van der Waals surface area contributed by atoms with Crippen LogP contribution in [0.4, 0.5) is 0 Å². The number of aliphatic hydroxyl groups is 1. The maximum absolute atomic E-state index is 9.80. The summed E-state index contributed by atoms with van der Waals surface area (Å²) in [6, 6.07) is 15.0. The number of hydrogen-bond acceptors (Lipinski definition) is 2. The normalized spacial score (nSPS) is 21.1. The fourth-order valence-electron chi connectivity index (χ4n) is 3.10. The van der Waals surface area contributed by atoms with Crippen LogP contribution >= 0.6 is 0 Å². The van der Waals surface area contributed by atoms with Crippen molar-refractivity contribution in [3.05, 3.63) is 59.9 Å². The Morgan fingerprint density at radius 1 is 1.16 bits per heavy atom. The molecule has 3 nitrogen and oxygen atoms in total. The van der Waals surface area contributed by atoms with Gasteiger partial charge in [-0.05, 0) is 24.6 Å². The van der Waals surface area contributed by atoms with Crippen LogP contribution in [0.15, 0.2) is 48.7 Å². The Hall–Kier alpha value is -1.58. The Bertz CT molecular complexity index is 535. The molecule has 0 unspecified atom stereocenters. The number of fused-ring (bicyclic) bond motifs is 1. The lowest BCUT2D eigenvalue weighted by atomic mass is 10.0. The minimum atomic E-state index is 0.0832. The van der Waals surface area contributed by atoms with E-state index in [0.717, 1.165) is 13.1 Å². The Kier molecular flexibility index (Phi) is 3.40. The Morgan fingerprint density at radius 2 is 1.95 bits per heavy atom. The summed E-state index contributed by atoms with van der Waals surface area (Å²) < 4.78 is 2.31. The summed E-state index contributed by atoms with van der Waals surface area (Å²) in [6.07, 6.45) is 2.14. The topological polar surface area (TPSA) is 28.4 Å². The molecule has 0 amide bonds. The number of nitrogens with zero attached hydrogens (tertiary/aromatic N) is 2. The molecule has 1 aromatic carbocycles. The minimum Gasteiger partial charge on any atom is -0.394 e. The van der Waals surface area contributed by atoms with Crippen molar-refractivity contribution >= 4 is 0 Å². The molecule has 0 saturated heterocycles. The second-order valence-electron chi connectivity index (χ2n) is 5.15. The number of benzene rings is 1. The molecule has 0 bridgehead atoms. The molecule has 3 rings (SSSR count). The van der Waals surface area contributed by atoms with Crippen molar-refractivity contribution in [1.82, 2.24) is 9.47 Å². The van der Waals surface area contributed by atoms with Crippen molar-refractivity contribution in [1.29, 1.82) is 0 Å². The SMILES string of the molecule is C[C@@H]1c2cccn2CCN1[C@H](CO)c1ccccc1. The zero-order valence-electron chi connectivity index (χ0n) is 11.2.